The number of nitrogens with one attached hydrogen (secondary N) is 2. The van der Waals surface area contributed by atoms with Gasteiger partial charge in [0.2, 0.25) is 10.0 Å². The maximum Gasteiger partial charge on any atom is 0.251 e. The van der Waals surface area contributed by atoms with E-state index >= 15 is 0 Å². The maximum absolute atomic E-state index is 12.4. The summed E-state index contributed by atoms with van der Waals surface area (Å²) in [6.45, 7) is 4.04. The fraction of sp³-hybridized carbons (Fsp3) is 0.353. The van der Waals surface area contributed by atoms with Crippen molar-refractivity contribution in [3.8, 4) is 0 Å². The van der Waals surface area contributed by atoms with Crippen molar-refractivity contribution in [2.75, 3.05) is 20.3 Å². The predicted molar refractivity (Wildman–Crippen MR) is 92.8 cm³/mol. The van der Waals surface area contributed by atoms with Crippen LogP contribution in [0.15, 0.2) is 45.7 Å². The normalized spacial score (nSPS) is 12.8. The van der Waals surface area contributed by atoms with Crippen LogP contribution in [0.25, 0.3) is 0 Å². The van der Waals surface area contributed by atoms with Gasteiger partial charge in [-0.25, -0.2) is 13.1 Å². The number of sulfonamides is 1. The van der Waals surface area contributed by atoms with E-state index < -0.39 is 10.0 Å². The molecule has 1 aromatic heterocycles. The minimum atomic E-state index is -3.69. The lowest BCUT2D eigenvalue weighted by molar-refractivity contribution is 0.0935. The van der Waals surface area contributed by atoms with Crippen molar-refractivity contribution >= 4 is 15.9 Å². The van der Waals surface area contributed by atoms with Crippen molar-refractivity contribution in [3.63, 3.8) is 0 Å². The molecular weight excluding hydrogens is 344 g/mol. The van der Waals surface area contributed by atoms with E-state index in [-0.39, 0.29) is 35.6 Å². The average molecular weight is 366 g/mol. The van der Waals surface area contributed by atoms with Crippen molar-refractivity contribution in [1.29, 1.82) is 0 Å². The van der Waals surface area contributed by atoms with Gasteiger partial charge in [0.15, 0.2) is 0 Å². The van der Waals surface area contributed by atoms with Crippen LogP contribution in [0, 0.1) is 6.92 Å². The zero-order valence-corrected chi connectivity index (χ0v) is 15.2. The summed E-state index contributed by atoms with van der Waals surface area (Å²) in [4.78, 5) is 12.4. The van der Waals surface area contributed by atoms with Gasteiger partial charge in [0.1, 0.15) is 11.5 Å². The van der Waals surface area contributed by atoms with Crippen LogP contribution >= 0.6 is 0 Å². The van der Waals surface area contributed by atoms with Crippen molar-refractivity contribution in [1.82, 2.24) is 10.0 Å². The second-order valence-corrected chi connectivity index (χ2v) is 7.33. The van der Waals surface area contributed by atoms with Gasteiger partial charge in [-0.05, 0) is 44.2 Å². The van der Waals surface area contributed by atoms with Crippen molar-refractivity contribution in [2.24, 2.45) is 0 Å². The number of hydrogen-bond acceptors (Lipinski definition) is 5. The Bertz CT molecular complexity index is 829. The van der Waals surface area contributed by atoms with Crippen molar-refractivity contribution in [3.05, 3.63) is 53.5 Å². The Hall–Kier alpha value is -2.16. The summed E-state index contributed by atoms with van der Waals surface area (Å²) >= 11 is 0. The van der Waals surface area contributed by atoms with Crippen LogP contribution < -0.4 is 10.0 Å². The number of furan rings is 1. The number of carbonyl (C=O) groups excluding carboxylic acids is 1. The Morgan fingerprint density at radius 2 is 2.04 bits per heavy atom. The molecule has 2 aromatic rings. The molecule has 136 valence electrons. The lowest BCUT2D eigenvalue weighted by Gasteiger charge is -2.12. The van der Waals surface area contributed by atoms with E-state index in [1.165, 1.54) is 25.3 Å². The van der Waals surface area contributed by atoms with Gasteiger partial charge in [0.05, 0.1) is 17.5 Å². The second kappa shape index (κ2) is 8.28. The molecule has 1 amide bonds. The summed E-state index contributed by atoms with van der Waals surface area (Å²) in [6.07, 6.45) is 0. The number of rotatable bonds is 8. The number of aryl methyl sites for hydroxylation is 1. The molecule has 1 heterocycles. The molecule has 1 atom stereocenters. The number of ether oxygens (including phenoxy) is 1. The maximum atomic E-state index is 12.4. The van der Waals surface area contributed by atoms with Crippen LogP contribution in [0.1, 0.15) is 34.8 Å². The molecule has 8 heteroatoms. The Balaban J connectivity index is 2.10. The first-order valence-electron chi connectivity index (χ1n) is 7.79. The zero-order chi connectivity index (χ0) is 18.4. The third-order valence-corrected chi connectivity index (χ3v) is 5.00. The van der Waals surface area contributed by atoms with Gasteiger partial charge in [0.25, 0.3) is 5.91 Å². The van der Waals surface area contributed by atoms with Crippen LogP contribution in [0.4, 0.5) is 0 Å². The number of amides is 1. The molecule has 25 heavy (non-hydrogen) atoms. The van der Waals surface area contributed by atoms with E-state index in [4.69, 9.17) is 9.15 Å². The molecule has 0 bridgehead atoms. The summed E-state index contributed by atoms with van der Waals surface area (Å²) in [5.74, 6) is 1.01. The van der Waals surface area contributed by atoms with Gasteiger partial charge >= 0.3 is 0 Å². The van der Waals surface area contributed by atoms with Crippen LogP contribution in [0.2, 0.25) is 0 Å². The molecule has 2 N–H and O–H groups in total. The highest BCUT2D eigenvalue weighted by Gasteiger charge is 2.18. The summed E-state index contributed by atoms with van der Waals surface area (Å²) in [7, 11) is -2.21. The second-order valence-electron chi connectivity index (χ2n) is 5.56. The van der Waals surface area contributed by atoms with Crippen LogP contribution in [-0.4, -0.2) is 34.6 Å². The quantitative estimate of drug-likeness (QED) is 0.697. The molecule has 1 aromatic carbocycles. The molecule has 0 aliphatic carbocycles. The fourth-order valence-electron chi connectivity index (χ4n) is 2.20. The molecule has 0 aliphatic heterocycles. The lowest BCUT2D eigenvalue weighted by atomic mass is 10.2. The molecule has 0 spiro atoms. The summed E-state index contributed by atoms with van der Waals surface area (Å²) in [6, 6.07) is 9.14. The molecule has 1 unspecified atom stereocenters. The molecule has 7 nitrogen and oxygen atoms in total. The highest BCUT2D eigenvalue weighted by Crippen LogP contribution is 2.17. The lowest BCUT2D eigenvalue weighted by Crippen LogP contribution is -2.28. The first-order chi connectivity index (χ1) is 11.8. The van der Waals surface area contributed by atoms with Gasteiger partial charge in [-0.15, -0.1) is 0 Å². The molecule has 0 aliphatic rings. The van der Waals surface area contributed by atoms with E-state index in [1.807, 2.05) is 13.0 Å². The average Bonchev–Trinajstić information content (AvgIpc) is 3.02. The predicted octanol–water partition coefficient (Wildman–Crippen LogP) is 2.00. The fourth-order valence-corrected chi connectivity index (χ4v) is 3.26. The Morgan fingerprint density at radius 1 is 1.28 bits per heavy atom. The van der Waals surface area contributed by atoms with Crippen LogP contribution in [0.3, 0.4) is 0 Å². The third kappa shape index (κ3) is 5.15. The molecule has 0 saturated heterocycles. The van der Waals surface area contributed by atoms with Gasteiger partial charge in [-0.3, -0.25) is 4.79 Å². The molecule has 2 rings (SSSR count). The highest BCUT2D eigenvalue weighted by atomic mass is 32.2. The van der Waals surface area contributed by atoms with Crippen LogP contribution in [0.5, 0.6) is 0 Å². The summed E-state index contributed by atoms with van der Waals surface area (Å²) in [5, 5.41) is 2.79. The largest absolute Gasteiger partial charge is 0.464 e. The zero-order valence-electron chi connectivity index (χ0n) is 14.4. The Kier molecular flexibility index (Phi) is 6.35. The monoisotopic (exact) mass is 366 g/mol. The van der Waals surface area contributed by atoms with E-state index in [9.17, 15) is 13.2 Å². The third-order valence-electron chi connectivity index (χ3n) is 3.54. The molecule has 0 radical (unpaired) electrons. The molecule has 0 fully saturated rings. The van der Waals surface area contributed by atoms with E-state index in [1.54, 1.807) is 19.1 Å². The van der Waals surface area contributed by atoms with Gasteiger partial charge in [-0.1, -0.05) is 6.07 Å². The van der Waals surface area contributed by atoms with E-state index in [2.05, 4.69) is 10.0 Å². The topological polar surface area (TPSA) is 97.6 Å². The van der Waals surface area contributed by atoms with E-state index in [0.29, 0.717) is 5.76 Å². The minimum absolute atomic E-state index is 0.0257. The standard InChI is InChI=1S/C17H22N2O5S/c1-12-7-8-16(24-12)13(2)19-17(20)14-5-4-6-15(11-14)25(21,22)18-9-10-23-3/h4-8,11,13,18H,9-10H2,1-3H3,(H,19,20). The first-order valence-corrected chi connectivity index (χ1v) is 9.27. The van der Waals surface area contributed by atoms with Crippen molar-refractivity contribution < 1.29 is 22.4 Å². The Morgan fingerprint density at radius 3 is 2.68 bits per heavy atom. The van der Waals surface area contributed by atoms with Gasteiger partial charge in [-0.2, -0.15) is 0 Å². The minimum Gasteiger partial charge on any atom is -0.464 e. The number of hydrogen-bond donors (Lipinski definition) is 2. The molecule has 0 saturated carbocycles. The SMILES string of the molecule is COCCNS(=O)(=O)c1cccc(C(=O)NC(C)c2ccc(C)o2)c1. The van der Waals surface area contributed by atoms with Crippen molar-refractivity contribution in [2.45, 2.75) is 24.8 Å². The highest BCUT2D eigenvalue weighted by molar-refractivity contribution is 7.89. The van der Waals surface area contributed by atoms with Gasteiger partial charge in [0, 0.05) is 19.2 Å². The smallest absolute Gasteiger partial charge is 0.251 e. The van der Waals surface area contributed by atoms with Gasteiger partial charge < -0.3 is 14.5 Å². The number of carbonyl (C=O) groups is 1. The number of benzene rings is 1. The summed E-state index contributed by atoms with van der Waals surface area (Å²) < 4.78 is 37.1. The van der Waals surface area contributed by atoms with E-state index in [0.717, 1.165) is 5.76 Å². The molecular formula is C17H22N2O5S. The number of methoxy groups -OCH3 is 1. The Labute approximate surface area is 147 Å². The summed E-state index contributed by atoms with van der Waals surface area (Å²) in [5.41, 5.74) is 0.254. The first kappa shape index (κ1) is 19.2. The van der Waals surface area contributed by atoms with Crippen LogP contribution in [-0.2, 0) is 14.8 Å².